The van der Waals surface area contributed by atoms with E-state index < -0.39 is 0 Å². The van der Waals surface area contributed by atoms with Crippen LogP contribution in [0, 0.1) is 11.3 Å². The van der Waals surface area contributed by atoms with Crippen LogP contribution in [-0.2, 0) is 19.5 Å². The van der Waals surface area contributed by atoms with E-state index in [2.05, 4.69) is 92.7 Å². The molecule has 0 spiro atoms. The van der Waals surface area contributed by atoms with Gasteiger partial charge in [-0.1, -0.05) is 182 Å². The van der Waals surface area contributed by atoms with Crippen LogP contribution in [0.25, 0.3) is 67.3 Å². The fourth-order valence-corrected chi connectivity index (χ4v) is 5.79. The molecule has 1 radical (unpaired) electrons. The van der Waals surface area contributed by atoms with Crippen LogP contribution in [0.5, 0.6) is 0 Å². The molecule has 0 aliphatic heterocycles. The van der Waals surface area contributed by atoms with E-state index in [4.69, 9.17) is 5.26 Å². The molecule has 0 aliphatic carbocycles. The first kappa shape index (κ1) is 36.9. The van der Waals surface area contributed by atoms with Crippen molar-refractivity contribution >= 4 is 0 Å². The smallest absolute Gasteiger partial charge is 0.236 e. The number of nitriles is 1. The van der Waals surface area contributed by atoms with Gasteiger partial charge in [-0.2, -0.15) is 5.26 Å². The van der Waals surface area contributed by atoms with Crippen molar-refractivity contribution in [3.05, 3.63) is 195 Å². The Labute approximate surface area is 318 Å². The first-order valence-electron chi connectivity index (χ1n) is 16.6. The van der Waals surface area contributed by atoms with E-state index >= 15 is 0 Å². The summed E-state index contributed by atoms with van der Waals surface area (Å²) in [6, 6.07) is 63.5. The molecule has 0 saturated carbocycles. The van der Waals surface area contributed by atoms with Crippen molar-refractivity contribution in [3.8, 4) is 73.4 Å². The zero-order valence-electron chi connectivity index (χ0n) is 28.6. The largest absolute Gasteiger partial charge is 3.00 e. The van der Waals surface area contributed by atoms with Crippen molar-refractivity contribution in [2.45, 2.75) is 6.92 Å². The van der Waals surface area contributed by atoms with E-state index in [0.29, 0.717) is 0 Å². The monoisotopic (exact) mass is 759 g/mol. The van der Waals surface area contributed by atoms with Crippen LogP contribution in [0.15, 0.2) is 195 Å². The number of hydrogen-bond acceptors (Lipinski definition) is 5. The first-order chi connectivity index (χ1) is 25.3. The predicted octanol–water partition coefficient (Wildman–Crippen LogP) is 11.5. The molecule has 0 aliphatic rings. The standard InChI is InChI=1S/2C22H16N2.C2H3N.Ru/c2*1-4-10-17(11-5-1)20-21(18-12-6-2-7-13-18)23-16-24-22(20)19-14-8-3-9-15-19;1-2-3;/h2*1-16H;1H3;/q;;;+3. The van der Waals surface area contributed by atoms with Crippen molar-refractivity contribution in [2.75, 3.05) is 0 Å². The Balaban J connectivity index is 0.000000184. The van der Waals surface area contributed by atoms with Gasteiger partial charge >= 0.3 is 19.5 Å². The molecule has 0 fully saturated rings. The van der Waals surface area contributed by atoms with Gasteiger partial charge in [-0.3, -0.25) is 0 Å². The Morgan fingerprint density at radius 3 is 0.692 bits per heavy atom. The Morgan fingerprint density at radius 2 is 0.500 bits per heavy atom. The van der Waals surface area contributed by atoms with Gasteiger partial charge in [0.1, 0.15) is 12.7 Å². The molecule has 249 valence electrons. The molecule has 0 bridgehead atoms. The quantitative estimate of drug-likeness (QED) is 0.158. The van der Waals surface area contributed by atoms with Gasteiger partial charge in [0, 0.05) is 40.3 Å². The maximum absolute atomic E-state index is 7.32. The second-order valence-corrected chi connectivity index (χ2v) is 11.3. The average molecular weight is 759 g/mol. The van der Waals surface area contributed by atoms with Crippen LogP contribution >= 0.6 is 0 Å². The molecule has 8 aromatic rings. The fourth-order valence-electron chi connectivity index (χ4n) is 5.79. The summed E-state index contributed by atoms with van der Waals surface area (Å²) in [4.78, 5) is 18.4. The first-order valence-corrected chi connectivity index (χ1v) is 16.6. The van der Waals surface area contributed by atoms with Crippen molar-refractivity contribution < 1.29 is 19.5 Å². The van der Waals surface area contributed by atoms with Gasteiger partial charge in [-0.25, -0.2) is 19.9 Å². The zero-order chi connectivity index (χ0) is 35.1. The van der Waals surface area contributed by atoms with Gasteiger partial charge in [0.2, 0.25) is 0 Å². The van der Waals surface area contributed by atoms with E-state index in [1.165, 1.54) is 6.92 Å². The van der Waals surface area contributed by atoms with E-state index in [1.54, 1.807) is 18.7 Å². The topological polar surface area (TPSA) is 75.3 Å². The Bertz CT molecular complexity index is 2020. The van der Waals surface area contributed by atoms with Crippen molar-refractivity contribution in [1.29, 1.82) is 5.26 Å². The number of nitrogens with zero attached hydrogens (tertiary/aromatic N) is 5. The SMILES string of the molecule is CC#N.[Ru+3].c1ccc(-c2ncnc(-c3ccccc3)c2-c2ccccc2)cc1.c1ccc(-c2ncnc(-c3ccccc3)c2-c2ccccc2)cc1. The zero-order valence-corrected chi connectivity index (χ0v) is 30.3. The normalized spacial score (nSPS) is 9.85. The Morgan fingerprint density at radius 1 is 0.327 bits per heavy atom. The molecule has 0 amide bonds. The number of benzene rings is 6. The molecule has 8 rings (SSSR count). The number of aromatic nitrogens is 4. The van der Waals surface area contributed by atoms with E-state index in [1.807, 2.05) is 109 Å². The predicted molar refractivity (Wildman–Crippen MR) is 208 cm³/mol. The summed E-state index contributed by atoms with van der Waals surface area (Å²) in [5.41, 5.74) is 12.6. The van der Waals surface area contributed by atoms with Crippen LogP contribution in [0.4, 0.5) is 0 Å². The minimum atomic E-state index is 0. The molecule has 2 aromatic heterocycles. The van der Waals surface area contributed by atoms with Crippen LogP contribution in [0.1, 0.15) is 6.92 Å². The second kappa shape index (κ2) is 19.1. The summed E-state index contributed by atoms with van der Waals surface area (Å²) < 4.78 is 0. The van der Waals surface area contributed by atoms with Crippen LogP contribution in [-0.4, -0.2) is 19.9 Å². The van der Waals surface area contributed by atoms with Gasteiger partial charge in [0.25, 0.3) is 0 Å². The molecular formula is C46H35N5Ru+3. The van der Waals surface area contributed by atoms with Gasteiger partial charge in [-0.15, -0.1) is 0 Å². The molecule has 6 heteroatoms. The van der Waals surface area contributed by atoms with E-state index in [9.17, 15) is 0 Å². The van der Waals surface area contributed by atoms with Gasteiger partial charge < -0.3 is 0 Å². The van der Waals surface area contributed by atoms with Gasteiger partial charge in [0.15, 0.2) is 0 Å². The molecule has 0 atom stereocenters. The van der Waals surface area contributed by atoms with Gasteiger partial charge in [0.05, 0.1) is 28.8 Å². The van der Waals surface area contributed by atoms with Crippen LogP contribution in [0.3, 0.4) is 0 Å². The van der Waals surface area contributed by atoms with E-state index in [0.717, 1.165) is 67.3 Å². The van der Waals surface area contributed by atoms with Crippen molar-refractivity contribution in [3.63, 3.8) is 0 Å². The molecule has 0 N–H and O–H groups in total. The molecule has 0 unspecified atom stereocenters. The van der Waals surface area contributed by atoms with Crippen molar-refractivity contribution in [1.82, 2.24) is 19.9 Å². The van der Waals surface area contributed by atoms with E-state index in [-0.39, 0.29) is 19.5 Å². The van der Waals surface area contributed by atoms with Crippen LogP contribution in [0.2, 0.25) is 0 Å². The summed E-state index contributed by atoms with van der Waals surface area (Å²) in [7, 11) is 0. The third-order valence-corrected chi connectivity index (χ3v) is 8.01. The summed E-state index contributed by atoms with van der Waals surface area (Å²) >= 11 is 0. The minimum Gasteiger partial charge on any atom is -0.236 e. The number of rotatable bonds is 6. The Hall–Kier alpha value is -6.41. The van der Waals surface area contributed by atoms with Gasteiger partial charge in [-0.05, 0) is 11.1 Å². The summed E-state index contributed by atoms with van der Waals surface area (Å²) in [5.74, 6) is 0. The number of hydrogen-bond donors (Lipinski definition) is 0. The van der Waals surface area contributed by atoms with Crippen molar-refractivity contribution in [2.24, 2.45) is 0 Å². The molecule has 2 heterocycles. The fraction of sp³-hybridized carbons (Fsp3) is 0.0217. The molecular weight excluding hydrogens is 724 g/mol. The molecule has 5 nitrogen and oxygen atoms in total. The summed E-state index contributed by atoms with van der Waals surface area (Å²) in [6.45, 7) is 1.43. The maximum Gasteiger partial charge on any atom is 3.00 e. The summed E-state index contributed by atoms with van der Waals surface area (Å²) in [6.07, 6.45) is 3.30. The average Bonchev–Trinajstić information content (AvgIpc) is 3.23. The third kappa shape index (κ3) is 9.03. The Kier molecular flexibility index (Phi) is 13.5. The van der Waals surface area contributed by atoms with Crippen LogP contribution < -0.4 is 0 Å². The molecule has 52 heavy (non-hydrogen) atoms. The molecule has 0 saturated heterocycles. The third-order valence-electron chi connectivity index (χ3n) is 8.01. The molecule has 6 aromatic carbocycles. The minimum absolute atomic E-state index is 0. The maximum atomic E-state index is 7.32. The second-order valence-electron chi connectivity index (χ2n) is 11.3. The summed E-state index contributed by atoms with van der Waals surface area (Å²) in [5, 5.41) is 7.32.